The van der Waals surface area contributed by atoms with Crippen molar-refractivity contribution in [2.24, 2.45) is 5.92 Å². The predicted molar refractivity (Wildman–Crippen MR) is 70.7 cm³/mol. The van der Waals surface area contributed by atoms with E-state index < -0.39 is 0 Å². The topological polar surface area (TPSA) is 64.9 Å². The van der Waals surface area contributed by atoms with Crippen molar-refractivity contribution in [2.75, 3.05) is 5.73 Å². The summed E-state index contributed by atoms with van der Waals surface area (Å²) in [6.45, 7) is 2.16. The highest BCUT2D eigenvalue weighted by Crippen LogP contribution is 2.46. The summed E-state index contributed by atoms with van der Waals surface area (Å²) in [6, 6.07) is 3.35. The fraction of sp³-hybridized carbons (Fsp3) is 0.333. The number of aromatic nitrogens is 2. The summed E-state index contributed by atoms with van der Waals surface area (Å²) < 4.78 is 5.23. The summed E-state index contributed by atoms with van der Waals surface area (Å²) in [5.74, 6) is 2.23. The molecule has 1 aliphatic rings. The van der Waals surface area contributed by atoms with Crippen molar-refractivity contribution in [1.82, 2.24) is 10.1 Å². The van der Waals surface area contributed by atoms with Gasteiger partial charge in [-0.3, -0.25) is 0 Å². The average molecular weight is 284 g/mol. The van der Waals surface area contributed by atoms with Crippen LogP contribution < -0.4 is 5.73 Å². The Morgan fingerprint density at radius 1 is 1.33 bits per heavy atom. The van der Waals surface area contributed by atoms with Gasteiger partial charge >= 0.3 is 0 Å². The van der Waals surface area contributed by atoms with E-state index in [1.165, 1.54) is 0 Å². The van der Waals surface area contributed by atoms with E-state index in [1.807, 2.05) is 0 Å². The molecular weight excluding hydrogens is 273 g/mol. The number of nitrogen functional groups attached to an aromatic ring is 1. The first-order chi connectivity index (χ1) is 8.56. The molecule has 2 atom stereocenters. The molecule has 2 unspecified atom stereocenters. The second-order valence-corrected chi connectivity index (χ2v) is 5.45. The first-order valence-electron chi connectivity index (χ1n) is 5.64. The van der Waals surface area contributed by atoms with E-state index in [9.17, 15) is 0 Å². The van der Waals surface area contributed by atoms with Crippen LogP contribution in [0.2, 0.25) is 10.0 Å². The average Bonchev–Trinajstić information content (AvgIpc) is 2.89. The lowest BCUT2D eigenvalue weighted by atomic mass is 10.2. The normalized spacial score (nSPS) is 22.2. The fourth-order valence-electron chi connectivity index (χ4n) is 1.89. The maximum atomic E-state index is 5.97. The third-order valence-corrected chi connectivity index (χ3v) is 3.83. The van der Waals surface area contributed by atoms with Crippen molar-refractivity contribution in [3.63, 3.8) is 0 Å². The van der Waals surface area contributed by atoms with Crippen molar-refractivity contribution >= 4 is 28.9 Å². The van der Waals surface area contributed by atoms with Gasteiger partial charge in [0.05, 0.1) is 15.7 Å². The third-order valence-electron chi connectivity index (χ3n) is 3.21. The van der Waals surface area contributed by atoms with Gasteiger partial charge in [-0.05, 0) is 24.5 Å². The molecule has 2 aromatic rings. The van der Waals surface area contributed by atoms with E-state index in [0.717, 1.165) is 12.2 Å². The number of halogens is 2. The smallest absolute Gasteiger partial charge is 0.258 e. The summed E-state index contributed by atoms with van der Waals surface area (Å²) in [6.07, 6.45) is 1.11. The molecule has 0 aliphatic heterocycles. The molecule has 0 amide bonds. The van der Waals surface area contributed by atoms with Crippen molar-refractivity contribution in [3.05, 3.63) is 28.0 Å². The summed E-state index contributed by atoms with van der Waals surface area (Å²) >= 11 is 11.9. The quantitative estimate of drug-likeness (QED) is 0.853. The number of rotatable bonds is 2. The zero-order valence-corrected chi connectivity index (χ0v) is 11.2. The Hall–Kier alpha value is -1.26. The lowest BCUT2D eigenvalue weighted by Gasteiger charge is -2.02. The van der Waals surface area contributed by atoms with Gasteiger partial charge in [-0.1, -0.05) is 35.3 Å². The summed E-state index contributed by atoms with van der Waals surface area (Å²) in [5.41, 5.74) is 6.73. The van der Waals surface area contributed by atoms with E-state index in [1.54, 1.807) is 12.1 Å². The minimum atomic E-state index is 0.359. The van der Waals surface area contributed by atoms with Crippen LogP contribution in [0.3, 0.4) is 0 Å². The van der Waals surface area contributed by atoms with Gasteiger partial charge in [0, 0.05) is 11.5 Å². The van der Waals surface area contributed by atoms with Crippen molar-refractivity contribution in [2.45, 2.75) is 19.3 Å². The van der Waals surface area contributed by atoms with Crippen LogP contribution in [0.15, 0.2) is 16.7 Å². The van der Waals surface area contributed by atoms with Gasteiger partial charge in [0.1, 0.15) is 0 Å². The van der Waals surface area contributed by atoms with Crippen molar-refractivity contribution < 1.29 is 4.52 Å². The van der Waals surface area contributed by atoms with Gasteiger partial charge in [0.15, 0.2) is 5.82 Å². The minimum absolute atomic E-state index is 0.359. The SMILES string of the molecule is CC1CC1c1noc(-c2cc(Cl)c(N)c(Cl)c2)n1. The van der Waals surface area contributed by atoms with Crippen molar-refractivity contribution in [1.29, 1.82) is 0 Å². The summed E-state index contributed by atoms with van der Waals surface area (Å²) in [5, 5.41) is 4.76. The molecule has 1 fully saturated rings. The largest absolute Gasteiger partial charge is 0.396 e. The Morgan fingerprint density at radius 2 is 1.94 bits per heavy atom. The molecular formula is C12H11Cl2N3O. The minimum Gasteiger partial charge on any atom is -0.396 e. The number of benzene rings is 1. The summed E-state index contributed by atoms with van der Waals surface area (Å²) in [4.78, 5) is 4.37. The molecule has 1 saturated carbocycles. The molecule has 3 rings (SSSR count). The van der Waals surface area contributed by atoms with Gasteiger partial charge < -0.3 is 10.3 Å². The number of hydrogen-bond donors (Lipinski definition) is 1. The van der Waals surface area contributed by atoms with E-state index in [4.69, 9.17) is 33.5 Å². The molecule has 0 spiro atoms. The Labute approximate surface area is 114 Å². The van der Waals surface area contributed by atoms with Crippen LogP contribution in [0.5, 0.6) is 0 Å². The molecule has 0 saturated heterocycles. The first-order valence-corrected chi connectivity index (χ1v) is 6.40. The third kappa shape index (κ3) is 1.95. The monoisotopic (exact) mass is 283 g/mol. The van der Waals surface area contributed by atoms with E-state index in [-0.39, 0.29) is 0 Å². The number of anilines is 1. The van der Waals surface area contributed by atoms with Gasteiger partial charge in [0.2, 0.25) is 0 Å². The first kappa shape index (κ1) is 11.8. The van der Waals surface area contributed by atoms with Gasteiger partial charge in [0.25, 0.3) is 5.89 Å². The van der Waals surface area contributed by atoms with Crippen LogP contribution in [0.25, 0.3) is 11.5 Å². The fourth-order valence-corrected chi connectivity index (χ4v) is 2.38. The maximum Gasteiger partial charge on any atom is 0.258 e. The Kier molecular flexibility index (Phi) is 2.72. The molecule has 1 aromatic heterocycles. The molecule has 1 heterocycles. The molecule has 0 radical (unpaired) electrons. The lowest BCUT2D eigenvalue weighted by molar-refractivity contribution is 0.422. The summed E-state index contributed by atoms with van der Waals surface area (Å²) in [7, 11) is 0. The van der Waals surface area contributed by atoms with Crippen LogP contribution in [-0.2, 0) is 0 Å². The molecule has 18 heavy (non-hydrogen) atoms. The van der Waals surface area contributed by atoms with Crippen LogP contribution in [-0.4, -0.2) is 10.1 Å². The lowest BCUT2D eigenvalue weighted by Crippen LogP contribution is -1.89. The Morgan fingerprint density at radius 3 is 2.50 bits per heavy atom. The number of nitrogens with two attached hydrogens (primary N) is 1. The molecule has 6 heteroatoms. The second kappa shape index (κ2) is 4.14. The van der Waals surface area contributed by atoms with Crippen LogP contribution >= 0.6 is 23.2 Å². The van der Waals surface area contributed by atoms with Crippen molar-refractivity contribution in [3.8, 4) is 11.5 Å². The maximum absolute atomic E-state index is 5.97. The van der Waals surface area contributed by atoms with E-state index >= 15 is 0 Å². The molecule has 94 valence electrons. The predicted octanol–water partition coefficient (Wildman–Crippen LogP) is 3.75. The van der Waals surface area contributed by atoms with Crippen LogP contribution in [0.1, 0.15) is 25.1 Å². The van der Waals surface area contributed by atoms with Crippen LogP contribution in [0.4, 0.5) is 5.69 Å². The zero-order chi connectivity index (χ0) is 12.9. The highest BCUT2D eigenvalue weighted by atomic mass is 35.5. The molecule has 4 nitrogen and oxygen atoms in total. The highest BCUT2D eigenvalue weighted by molar-refractivity contribution is 6.39. The Balaban J connectivity index is 1.97. The highest BCUT2D eigenvalue weighted by Gasteiger charge is 2.38. The molecule has 2 N–H and O–H groups in total. The number of nitrogens with zero attached hydrogens (tertiary/aromatic N) is 2. The van der Waals surface area contributed by atoms with E-state index in [0.29, 0.717) is 39.0 Å². The molecule has 1 aromatic carbocycles. The van der Waals surface area contributed by atoms with Gasteiger partial charge in [-0.25, -0.2) is 0 Å². The van der Waals surface area contributed by atoms with Gasteiger partial charge in [-0.2, -0.15) is 4.98 Å². The van der Waals surface area contributed by atoms with Crippen LogP contribution in [0, 0.1) is 5.92 Å². The molecule has 1 aliphatic carbocycles. The standard InChI is InChI=1S/C12H11Cl2N3O/c1-5-2-7(5)11-16-12(18-17-11)6-3-8(13)10(15)9(14)4-6/h3-5,7H,2,15H2,1H3. The number of hydrogen-bond acceptors (Lipinski definition) is 4. The second-order valence-electron chi connectivity index (χ2n) is 4.63. The van der Waals surface area contributed by atoms with E-state index in [2.05, 4.69) is 17.1 Å². The van der Waals surface area contributed by atoms with Gasteiger partial charge in [-0.15, -0.1) is 0 Å². The zero-order valence-electron chi connectivity index (χ0n) is 9.65. The molecule has 0 bridgehead atoms. The Bertz CT molecular complexity index is 588.